The number of aromatic nitrogens is 2. The lowest BCUT2D eigenvalue weighted by molar-refractivity contribution is -0.389. The van der Waals surface area contributed by atoms with Crippen molar-refractivity contribution in [3.63, 3.8) is 0 Å². The van der Waals surface area contributed by atoms with E-state index in [-0.39, 0.29) is 23.7 Å². The molecule has 0 aliphatic carbocycles. The molecule has 20 heavy (non-hydrogen) atoms. The standard InChI is InChI=1S/C10H10N6O4/c11-12-10-7(2-1-3-8(10)15(17)18)6-14-5-4-9(13-14)16(19)20/h1-5,12H,6,11H2. The van der Waals surface area contributed by atoms with Gasteiger partial charge in [0.2, 0.25) is 0 Å². The Morgan fingerprint density at radius 3 is 2.55 bits per heavy atom. The van der Waals surface area contributed by atoms with Gasteiger partial charge in [-0.1, -0.05) is 12.1 Å². The number of nitrogen functional groups attached to an aromatic ring is 1. The van der Waals surface area contributed by atoms with Crippen LogP contribution < -0.4 is 11.3 Å². The quantitative estimate of drug-likeness (QED) is 0.472. The van der Waals surface area contributed by atoms with Gasteiger partial charge in [-0.15, -0.1) is 0 Å². The number of anilines is 1. The third-order valence-electron chi connectivity index (χ3n) is 2.62. The molecule has 10 heteroatoms. The van der Waals surface area contributed by atoms with Crippen molar-refractivity contribution in [2.75, 3.05) is 5.43 Å². The Kier molecular flexibility index (Phi) is 3.57. The van der Waals surface area contributed by atoms with Crippen LogP contribution in [0.4, 0.5) is 17.2 Å². The molecule has 0 amide bonds. The van der Waals surface area contributed by atoms with Gasteiger partial charge in [-0.25, -0.2) is 0 Å². The van der Waals surface area contributed by atoms with Crippen molar-refractivity contribution in [1.82, 2.24) is 9.78 Å². The average Bonchev–Trinajstić information content (AvgIpc) is 2.87. The first-order valence-corrected chi connectivity index (χ1v) is 5.43. The van der Waals surface area contributed by atoms with Gasteiger partial charge in [0.1, 0.15) is 5.69 Å². The van der Waals surface area contributed by atoms with Crippen LogP contribution in [0.1, 0.15) is 5.56 Å². The number of nitrogens with zero attached hydrogens (tertiary/aromatic N) is 4. The second-order valence-corrected chi connectivity index (χ2v) is 3.84. The molecule has 0 spiro atoms. The third-order valence-corrected chi connectivity index (χ3v) is 2.62. The SMILES string of the molecule is NNc1c(Cn2ccc([N+](=O)[O-])n2)cccc1[N+](=O)[O-]. The monoisotopic (exact) mass is 278 g/mol. The molecule has 1 aromatic carbocycles. The lowest BCUT2D eigenvalue weighted by Crippen LogP contribution is -2.13. The minimum absolute atomic E-state index is 0.120. The highest BCUT2D eigenvalue weighted by molar-refractivity contribution is 5.65. The Morgan fingerprint density at radius 1 is 1.25 bits per heavy atom. The smallest absolute Gasteiger partial charge is 0.358 e. The number of rotatable bonds is 5. The number of hydrogen-bond acceptors (Lipinski definition) is 7. The maximum absolute atomic E-state index is 10.9. The number of nitro benzene ring substituents is 1. The van der Waals surface area contributed by atoms with Crippen LogP contribution in [-0.2, 0) is 6.54 Å². The summed E-state index contributed by atoms with van der Waals surface area (Å²) in [5.74, 6) is 5.01. The van der Waals surface area contributed by atoms with Crippen LogP contribution in [0.25, 0.3) is 0 Å². The number of nitrogens with two attached hydrogens (primary N) is 1. The number of para-hydroxylation sites is 1. The Hall–Kier alpha value is -3.01. The van der Waals surface area contributed by atoms with E-state index >= 15 is 0 Å². The summed E-state index contributed by atoms with van der Waals surface area (Å²) < 4.78 is 1.30. The van der Waals surface area contributed by atoms with Crippen LogP contribution in [0.15, 0.2) is 30.5 Å². The summed E-state index contributed by atoms with van der Waals surface area (Å²) in [6.45, 7) is 0.120. The van der Waals surface area contributed by atoms with Gasteiger partial charge < -0.3 is 15.5 Å². The van der Waals surface area contributed by atoms with E-state index in [0.29, 0.717) is 5.56 Å². The van der Waals surface area contributed by atoms with Gasteiger partial charge >= 0.3 is 5.82 Å². The Bertz CT molecular complexity index is 668. The topological polar surface area (TPSA) is 142 Å². The van der Waals surface area contributed by atoms with E-state index in [2.05, 4.69) is 10.5 Å². The molecule has 2 aromatic rings. The molecule has 0 radical (unpaired) electrons. The van der Waals surface area contributed by atoms with E-state index in [0.717, 1.165) is 0 Å². The van der Waals surface area contributed by atoms with Gasteiger partial charge in [-0.3, -0.25) is 16.0 Å². The summed E-state index contributed by atoms with van der Waals surface area (Å²) in [4.78, 5) is 20.2. The first-order chi connectivity index (χ1) is 9.52. The summed E-state index contributed by atoms with van der Waals surface area (Å²) in [6, 6.07) is 5.68. The van der Waals surface area contributed by atoms with Gasteiger partial charge in [-0.2, -0.15) is 4.68 Å². The molecule has 0 unspecified atom stereocenters. The van der Waals surface area contributed by atoms with Crippen molar-refractivity contribution < 1.29 is 9.85 Å². The predicted molar refractivity (Wildman–Crippen MR) is 68.9 cm³/mol. The number of hydrazine groups is 1. The summed E-state index contributed by atoms with van der Waals surface area (Å²) >= 11 is 0. The zero-order chi connectivity index (χ0) is 14.7. The Labute approximate surface area is 112 Å². The van der Waals surface area contributed by atoms with E-state index in [4.69, 9.17) is 5.84 Å². The molecule has 0 atom stereocenters. The number of nitrogens with one attached hydrogen (secondary N) is 1. The second kappa shape index (κ2) is 5.32. The summed E-state index contributed by atoms with van der Waals surface area (Å²) in [6.07, 6.45) is 1.41. The predicted octanol–water partition coefficient (Wildman–Crippen LogP) is 1.03. The fourth-order valence-corrected chi connectivity index (χ4v) is 1.75. The maximum Gasteiger partial charge on any atom is 0.389 e. The van der Waals surface area contributed by atoms with Crippen LogP contribution in [-0.4, -0.2) is 19.6 Å². The lowest BCUT2D eigenvalue weighted by Gasteiger charge is -2.07. The number of nitro groups is 2. The lowest BCUT2D eigenvalue weighted by atomic mass is 10.1. The summed E-state index contributed by atoms with van der Waals surface area (Å²) in [5, 5.41) is 25.2. The molecule has 0 aliphatic heterocycles. The molecule has 1 heterocycles. The van der Waals surface area contributed by atoms with Gasteiger partial charge in [0.05, 0.1) is 28.8 Å². The minimum atomic E-state index is -0.619. The molecule has 3 N–H and O–H groups in total. The maximum atomic E-state index is 10.9. The van der Waals surface area contributed by atoms with Crippen molar-refractivity contribution >= 4 is 17.2 Å². The molecule has 0 saturated heterocycles. The fourth-order valence-electron chi connectivity index (χ4n) is 1.75. The Morgan fingerprint density at radius 2 is 2.00 bits per heavy atom. The van der Waals surface area contributed by atoms with E-state index in [9.17, 15) is 20.2 Å². The molecular weight excluding hydrogens is 268 g/mol. The minimum Gasteiger partial charge on any atom is -0.358 e. The van der Waals surface area contributed by atoms with Crippen molar-refractivity contribution in [1.29, 1.82) is 0 Å². The molecule has 0 aliphatic rings. The van der Waals surface area contributed by atoms with Crippen LogP contribution >= 0.6 is 0 Å². The van der Waals surface area contributed by atoms with Crippen LogP contribution in [0.5, 0.6) is 0 Å². The normalized spacial score (nSPS) is 10.2. The highest BCUT2D eigenvalue weighted by atomic mass is 16.6. The van der Waals surface area contributed by atoms with E-state index in [1.807, 2.05) is 0 Å². The number of hydrogen-bond donors (Lipinski definition) is 2. The fraction of sp³-hybridized carbons (Fsp3) is 0.100. The summed E-state index contributed by atoms with van der Waals surface area (Å²) in [7, 11) is 0. The molecule has 1 aromatic heterocycles. The summed E-state index contributed by atoms with van der Waals surface area (Å²) in [5.41, 5.74) is 2.75. The zero-order valence-corrected chi connectivity index (χ0v) is 10.1. The van der Waals surface area contributed by atoms with Crippen LogP contribution in [0.3, 0.4) is 0 Å². The molecule has 2 rings (SSSR count). The molecule has 104 valence electrons. The average molecular weight is 278 g/mol. The van der Waals surface area contributed by atoms with Gasteiger partial charge in [0, 0.05) is 11.6 Å². The van der Waals surface area contributed by atoms with Crippen LogP contribution in [0, 0.1) is 20.2 Å². The van der Waals surface area contributed by atoms with Crippen molar-refractivity contribution in [3.8, 4) is 0 Å². The highest BCUT2D eigenvalue weighted by Gasteiger charge is 2.18. The van der Waals surface area contributed by atoms with E-state index in [1.54, 1.807) is 6.07 Å². The second-order valence-electron chi connectivity index (χ2n) is 3.84. The molecule has 10 nitrogen and oxygen atoms in total. The zero-order valence-electron chi connectivity index (χ0n) is 10.1. The van der Waals surface area contributed by atoms with Crippen molar-refractivity contribution in [2.24, 2.45) is 5.84 Å². The first kappa shape index (κ1) is 13.4. The van der Waals surface area contributed by atoms with Gasteiger partial charge in [0.15, 0.2) is 0 Å². The highest BCUT2D eigenvalue weighted by Crippen LogP contribution is 2.27. The third kappa shape index (κ3) is 2.54. The first-order valence-electron chi connectivity index (χ1n) is 5.43. The van der Waals surface area contributed by atoms with E-state index in [1.165, 1.54) is 29.1 Å². The molecule has 0 saturated carbocycles. The van der Waals surface area contributed by atoms with Gasteiger partial charge in [-0.05, 0) is 4.92 Å². The van der Waals surface area contributed by atoms with Crippen molar-refractivity contribution in [2.45, 2.75) is 6.54 Å². The molecule has 0 fully saturated rings. The van der Waals surface area contributed by atoms with Crippen molar-refractivity contribution in [3.05, 3.63) is 56.3 Å². The van der Waals surface area contributed by atoms with Crippen LogP contribution in [0.2, 0.25) is 0 Å². The molecule has 0 bridgehead atoms. The Balaban J connectivity index is 2.35. The number of benzene rings is 1. The van der Waals surface area contributed by atoms with E-state index < -0.39 is 9.85 Å². The largest absolute Gasteiger partial charge is 0.389 e. The molecular formula is C10H10N6O4. The van der Waals surface area contributed by atoms with Gasteiger partial charge in [0.25, 0.3) is 5.69 Å².